The predicted octanol–water partition coefficient (Wildman–Crippen LogP) is 1.78. The van der Waals surface area contributed by atoms with E-state index in [9.17, 15) is 4.79 Å². The SMILES string of the molecule is CN1CCN(c2cc(OC(N)=O)c(N)cc2C(C)(C)C)CC1. The average Bonchev–Trinajstić information content (AvgIpc) is 2.40. The molecule has 0 unspecified atom stereocenters. The lowest BCUT2D eigenvalue weighted by molar-refractivity contribution is 0.211. The number of piperazine rings is 1. The van der Waals surface area contributed by atoms with Crippen LogP contribution >= 0.6 is 0 Å². The van der Waals surface area contributed by atoms with Crippen LogP contribution in [0.15, 0.2) is 12.1 Å². The Morgan fingerprint density at radius 1 is 1.18 bits per heavy atom. The molecule has 1 aliphatic heterocycles. The molecule has 1 aromatic rings. The van der Waals surface area contributed by atoms with Crippen LogP contribution in [0.1, 0.15) is 26.3 Å². The van der Waals surface area contributed by atoms with Crippen LogP contribution in [0.2, 0.25) is 0 Å². The van der Waals surface area contributed by atoms with Crippen LogP contribution in [-0.2, 0) is 5.41 Å². The van der Waals surface area contributed by atoms with Crippen molar-refractivity contribution in [3.63, 3.8) is 0 Å². The summed E-state index contributed by atoms with van der Waals surface area (Å²) in [6.45, 7) is 10.3. The fraction of sp³-hybridized carbons (Fsp3) is 0.562. The van der Waals surface area contributed by atoms with Gasteiger partial charge in [-0.3, -0.25) is 0 Å². The Morgan fingerprint density at radius 3 is 2.27 bits per heavy atom. The van der Waals surface area contributed by atoms with E-state index in [0.29, 0.717) is 11.4 Å². The molecule has 4 N–H and O–H groups in total. The molecule has 0 bridgehead atoms. The first-order chi connectivity index (χ1) is 10.2. The molecule has 1 amide bonds. The van der Waals surface area contributed by atoms with Crippen molar-refractivity contribution in [3.8, 4) is 5.75 Å². The van der Waals surface area contributed by atoms with E-state index in [0.717, 1.165) is 37.4 Å². The molecule has 22 heavy (non-hydrogen) atoms. The summed E-state index contributed by atoms with van der Waals surface area (Å²) in [4.78, 5) is 15.7. The summed E-state index contributed by atoms with van der Waals surface area (Å²) in [5.74, 6) is 0.328. The molecule has 0 atom stereocenters. The number of carbonyl (C=O) groups is 1. The number of anilines is 2. The maximum Gasteiger partial charge on any atom is 0.410 e. The molecule has 2 rings (SSSR count). The Labute approximate surface area is 132 Å². The molecule has 0 saturated carbocycles. The van der Waals surface area contributed by atoms with Gasteiger partial charge in [0, 0.05) is 37.9 Å². The Hall–Kier alpha value is -1.95. The Kier molecular flexibility index (Phi) is 4.51. The summed E-state index contributed by atoms with van der Waals surface area (Å²) in [5, 5.41) is 0. The van der Waals surface area contributed by atoms with Gasteiger partial charge in [-0.15, -0.1) is 0 Å². The highest BCUT2D eigenvalue weighted by atomic mass is 16.5. The number of ether oxygens (including phenoxy) is 1. The van der Waals surface area contributed by atoms with Crippen molar-refractivity contribution in [2.45, 2.75) is 26.2 Å². The number of nitrogens with zero attached hydrogens (tertiary/aromatic N) is 2. The van der Waals surface area contributed by atoms with E-state index in [1.54, 1.807) is 0 Å². The van der Waals surface area contributed by atoms with Gasteiger partial charge >= 0.3 is 6.09 Å². The highest BCUT2D eigenvalue weighted by molar-refractivity contribution is 5.75. The number of rotatable bonds is 2. The van der Waals surface area contributed by atoms with Crippen molar-refractivity contribution >= 4 is 17.5 Å². The van der Waals surface area contributed by atoms with Crippen LogP contribution in [0.5, 0.6) is 5.75 Å². The molecule has 1 saturated heterocycles. The number of primary amides is 1. The monoisotopic (exact) mass is 306 g/mol. The van der Waals surface area contributed by atoms with Crippen molar-refractivity contribution in [2.75, 3.05) is 43.9 Å². The number of likely N-dealkylation sites (N-methyl/N-ethyl adjacent to an activating group) is 1. The molecule has 1 heterocycles. The van der Waals surface area contributed by atoms with Gasteiger partial charge in [0.15, 0.2) is 5.75 Å². The molecule has 0 radical (unpaired) electrons. The van der Waals surface area contributed by atoms with E-state index in [-0.39, 0.29) is 5.41 Å². The molecule has 6 nitrogen and oxygen atoms in total. The number of nitrogen functional groups attached to an aromatic ring is 1. The van der Waals surface area contributed by atoms with Crippen LogP contribution in [0.4, 0.5) is 16.2 Å². The fourth-order valence-electron chi connectivity index (χ4n) is 2.69. The first kappa shape index (κ1) is 16.4. The lowest BCUT2D eigenvalue weighted by atomic mass is 9.84. The highest BCUT2D eigenvalue weighted by Crippen LogP contribution is 2.38. The minimum atomic E-state index is -0.848. The van der Waals surface area contributed by atoms with E-state index in [2.05, 4.69) is 37.6 Å². The zero-order valence-electron chi connectivity index (χ0n) is 13.8. The molecular formula is C16H26N4O2. The second kappa shape index (κ2) is 6.04. The van der Waals surface area contributed by atoms with E-state index in [1.165, 1.54) is 0 Å². The molecule has 6 heteroatoms. The largest absolute Gasteiger partial charge is 0.410 e. The van der Waals surface area contributed by atoms with Crippen molar-refractivity contribution in [2.24, 2.45) is 5.73 Å². The second-order valence-corrected chi connectivity index (χ2v) is 6.87. The standard InChI is InChI=1S/C16H26N4O2/c1-16(2,3)11-9-12(17)14(22-15(18)21)10-13(11)20-7-5-19(4)6-8-20/h9-10H,5-8,17H2,1-4H3,(H2,18,21). The van der Waals surface area contributed by atoms with Gasteiger partial charge in [-0.05, 0) is 24.1 Å². The quantitative estimate of drug-likeness (QED) is 0.814. The van der Waals surface area contributed by atoms with Crippen LogP contribution < -0.4 is 21.1 Å². The summed E-state index contributed by atoms with van der Waals surface area (Å²) >= 11 is 0. The Morgan fingerprint density at radius 2 is 1.77 bits per heavy atom. The molecule has 0 spiro atoms. The second-order valence-electron chi connectivity index (χ2n) is 6.87. The van der Waals surface area contributed by atoms with Gasteiger partial charge in [0.05, 0.1) is 5.69 Å². The molecule has 122 valence electrons. The van der Waals surface area contributed by atoms with Gasteiger partial charge in [0.2, 0.25) is 0 Å². The number of hydrogen-bond donors (Lipinski definition) is 2. The van der Waals surface area contributed by atoms with Crippen molar-refractivity contribution < 1.29 is 9.53 Å². The topological polar surface area (TPSA) is 84.8 Å². The third-order valence-electron chi connectivity index (χ3n) is 3.99. The summed E-state index contributed by atoms with van der Waals surface area (Å²) in [6.07, 6.45) is -0.848. The zero-order valence-corrected chi connectivity index (χ0v) is 13.8. The first-order valence-corrected chi connectivity index (χ1v) is 7.53. The average molecular weight is 306 g/mol. The molecular weight excluding hydrogens is 280 g/mol. The lowest BCUT2D eigenvalue weighted by Gasteiger charge is -2.37. The van der Waals surface area contributed by atoms with Crippen molar-refractivity contribution in [1.29, 1.82) is 0 Å². The first-order valence-electron chi connectivity index (χ1n) is 7.53. The third kappa shape index (κ3) is 3.62. The number of carbonyl (C=O) groups excluding carboxylic acids is 1. The maximum absolute atomic E-state index is 11.1. The highest BCUT2D eigenvalue weighted by Gasteiger charge is 2.25. The number of hydrogen-bond acceptors (Lipinski definition) is 5. The smallest absolute Gasteiger partial charge is 0.408 e. The summed E-state index contributed by atoms with van der Waals surface area (Å²) in [7, 11) is 2.12. The van der Waals surface area contributed by atoms with Gasteiger partial charge in [-0.25, -0.2) is 4.79 Å². The summed E-state index contributed by atoms with van der Waals surface area (Å²) in [5.41, 5.74) is 13.7. The summed E-state index contributed by atoms with van der Waals surface area (Å²) < 4.78 is 5.04. The van der Waals surface area contributed by atoms with Gasteiger partial charge in [-0.2, -0.15) is 0 Å². The van der Waals surface area contributed by atoms with Crippen LogP contribution in [0.25, 0.3) is 0 Å². The van der Waals surface area contributed by atoms with E-state index < -0.39 is 6.09 Å². The minimum Gasteiger partial charge on any atom is -0.408 e. The van der Waals surface area contributed by atoms with E-state index >= 15 is 0 Å². The van der Waals surface area contributed by atoms with E-state index in [4.69, 9.17) is 16.2 Å². The third-order valence-corrected chi connectivity index (χ3v) is 3.99. The van der Waals surface area contributed by atoms with Crippen molar-refractivity contribution in [1.82, 2.24) is 4.90 Å². The zero-order chi connectivity index (χ0) is 16.5. The lowest BCUT2D eigenvalue weighted by Crippen LogP contribution is -2.45. The Bertz CT molecular complexity index is 558. The Balaban J connectivity index is 2.45. The molecule has 0 aromatic heterocycles. The van der Waals surface area contributed by atoms with Gasteiger partial charge in [0.25, 0.3) is 0 Å². The number of amides is 1. The van der Waals surface area contributed by atoms with Gasteiger partial charge in [-0.1, -0.05) is 20.8 Å². The normalized spacial score (nSPS) is 16.6. The number of nitrogens with two attached hydrogens (primary N) is 2. The molecule has 1 aliphatic rings. The predicted molar refractivity (Wildman–Crippen MR) is 89.5 cm³/mol. The summed E-state index contributed by atoms with van der Waals surface area (Å²) in [6, 6.07) is 3.73. The van der Waals surface area contributed by atoms with Gasteiger partial charge < -0.3 is 26.0 Å². The molecule has 1 fully saturated rings. The minimum absolute atomic E-state index is 0.0575. The van der Waals surface area contributed by atoms with E-state index in [1.807, 2.05) is 12.1 Å². The van der Waals surface area contributed by atoms with Gasteiger partial charge in [0.1, 0.15) is 0 Å². The number of benzene rings is 1. The fourth-order valence-corrected chi connectivity index (χ4v) is 2.69. The maximum atomic E-state index is 11.1. The van der Waals surface area contributed by atoms with Crippen LogP contribution in [0.3, 0.4) is 0 Å². The molecule has 1 aromatic carbocycles. The van der Waals surface area contributed by atoms with Crippen LogP contribution in [0, 0.1) is 0 Å². The molecule has 0 aliphatic carbocycles. The van der Waals surface area contributed by atoms with Crippen LogP contribution in [-0.4, -0.2) is 44.2 Å². The van der Waals surface area contributed by atoms with Crippen molar-refractivity contribution in [3.05, 3.63) is 17.7 Å².